The lowest BCUT2D eigenvalue weighted by Gasteiger charge is -2.20. The van der Waals surface area contributed by atoms with Crippen molar-refractivity contribution in [2.24, 2.45) is 0 Å². The summed E-state index contributed by atoms with van der Waals surface area (Å²) in [6, 6.07) is 19.5. The number of aryl methyl sites for hydroxylation is 2. The minimum Gasteiger partial charge on any atom is -0.308 e. The second-order valence-corrected chi connectivity index (χ2v) is 9.44. The lowest BCUT2D eigenvalue weighted by molar-refractivity contribution is 0.262. The number of fused-ring (bicyclic) bond motifs is 1. The molecule has 0 fully saturated rings. The number of rotatable bonds is 5. The number of nitrogens with zero attached hydrogens (tertiary/aromatic N) is 1. The summed E-state index contributed by atoms with van der Waals surface area (Å²) < 4.78 is 27.6. The van der Waals surface area contributed by atoms with Crippen LogP contribution in [0.5, 0.6) is 0 Å². The molecule has 3 aromatic carbocycles. The molecule has 0 bridgehead atoms. The molecule has 3 aromatic rings. The molecule has 1 heterocycles. The zero-order valence-electron chi connectivity index (χ0n) is 17.6. The van der Waals surface area contributed by atoms with Gasteiger partial charge in [0.15, 0.2) is 0 Å². The second kappa shape index (κ2) is 8.43. The van der Waals surface area contributed by atoms with Crippen molar-refractivity contribution >= 4 is 33.1 Å². The Labute approximate surface area is 183 Å². The molecule has 1 aliphatic heterocycles. The van der Waals surface area contributed by atoms with Gasteiger partial charge in [0.05, 0.1) is 10.6 Å². The molecule has 7 heteroatoms. The van der Waals surface area contributed by atoms with E-state index in [9.17, 15) is 13.2 Å². The zero-order chi connectivity index (χ0) is 22.0. The molecule has 0 unspecified atom stereocenters. The monoisotopic (exact) mass is 435 g/mol. The van der Waals surface area contributed by atoms with Gasteiger partial charge in [-0.1, -0.05) is 42.8 Å². The van der Waals surface area contributed by atoms with E-state index < -0.39 is 10.0 Å². The van der Waals surface area contributed by atoms with Crippen LogP contribution in [-0.2, 0) is 22.9 Å². The third kappa shape index (κ3) is 4.27. The number of benzene rings is 3. The first-order valence-corrected chi connectivity index (χ1v) is 11.7. The molecule has 4 rings (SSSR count). The Bertz CT molecular complexity index is 1220. The molecular formula is C24H25N3O3S. The molecule has 2 N–H and O–H groups in total. The van der Waals surface area contributed by atoms with Crippen LogP contribution in [-0.4, -0.2) is 21.0 Å². The summed E-state index contributed by atoms with van der Waals surface area (Å²) in [5, 5.41) is 5.73. The summed E-state index contributed by atoms with van der Waals surface area (Å²) in [5.41, 5.74) is 5.02. The fourth-order valence-electron chi connectivity index (χ4n) is 3.77. The lowest BCUT2D eigenvalue weighted by atomic mass is 10.1. The average molecular weight is 436 g/mol. The van der Waals surface area contributed by atoms with Crippen LogP contribution in [0.4, 0.5) is 21.9 Å². The van der Waals surface area contributed by atoms with Crippen molar-refractivity contribution in [1.29, 1.82) is 0 Å². The van der Waals surface area contributed by atoms with E-state index in [1.165, 1.54) is 4.31 Å². The van der Waals surface area contributed by atoms with Gasteiger partial charge in [0.25, 0.3) is 10.0 Å². The Kier molecular flexibility index (Phi) is 5.69. The van der Waals surface area contributed by atoms with E-state index in [1.54, 1.807) is 36.4 Å². The van der Waals surface area contributed by atoms with Crippen LogP contribution >= 0.6 is 0 Å². The van der Waals surface area contributed by atoms with Gasteiger partial charge < -0.3 is 10.6 Å². The summed E-state index contributed by atoms with van der Waals surface area (Å²) in [7, 11) is -3.62. The van der Waals surface area contributed by atoms with Crippen molar-refractivity contribution in [1.82, 2.24) is 0 Å². The van der Waals surface area contributed by atoms with Gasteiger partial charge in [-0.3, -0.25) is 4.31 Å². The van der Waals surface area contributed by atoms with Crippen molar-refractivity contribution in [2.75, 3.05) is 21.5 Å². The number of hydrogen-bond acceptors (Lipinski definition) is 3. The van der Waals surface area contributed by atoms with E-state index >= 15 is 0 Å². The highest BCUT2D eigenvalue weighted by Crippen LogP contribution is 2.34. The van der Waals surface area contributed by atoms with Gasteiger partial charge in [0.2, 0.25) is 0 Å². The van der Waals surface area contributed by atoms with Gasteiger partial charge >= 0.3 is 6.03 Å². The van der Waals surface area contributed by atoms with E-state index in [0.717, 1.165) is 28.8 Å². The predicted molar refractivity (Wildman–Crippen MR) is 124 cm³/mol. The molecule has 0 spiro atoms. The number of amides is 2. The number of carbonyl (C=O) groups is 1. The second-order valence-electron chi connectivity index (χ2n) is 7.57. The van der Waals surface area contributed by atoms with E-state index in [4.69, 9.17) is 0 Å². The SMILES string of the molecule is CCc1ccccc1NC(=O)Nc1ccc2c(c1)CCN2S(=O)(=O)c1ccc(C)cc1. The number of anilines is 3. The Morgan fingerprint density at radius 1 is 1.00 bits per heavy atom. The first-order valence-electron chi connectivity index (χ1n) is 10.3. The Balaban J connectivity index is 1.51. The molecule has 0 aliphatic carbocycles. The molecule has 1 aliphatic rings. The van der Waals surface area contributed by atoms with Crippen LogP contribution in [0, 0.1) is 6.92 Å². The van der Waals surface area contributed by atoms with Gasteiger partial charge in [-0.15, -0.1) is 0 Å². The Morgan fingerprint density at radius 3 is 2.48 bits per heavy atom. The fourth-order valence-corrected chi connectivity index (χ4v) is 5.27. The normalized spacial score (nSPS) is 13.0. The van der Waals surface area contributed by atoms with Gasteiger partial charge in [-0.05, 0) is 67.3 Å². The largest absolute Gasteiger partial charge is 0.323 e. The first kappa shape index (κ1) is 20.9. The van der Waals surface area contributed by atoms with Crippen molar-refractivity contribution < 1.29 is 13.2 Å². The van der Waals surface area contributed by atoms with Crippen LogP contribution in [0.2, 0.25) is 0 Å². The first-order chi connectivity index (χ1) is 14.9. The smallest absolute Gasteiger partial charge is 0.308 e. The number of para-hydroxylation sites is 1. The molecule has 160 valence electrons. The highest BCUT2D eigenvalue weighted by molar-refractivity contribution is 7.92. The summed E-state index contributed by atoms with van der Waals surface area (Å²) in [5.74, 6) is 0. The molecule has 0 radical (unpaired) electrons. The number of urea groups is 1. The third-order valence-corrected chi connectivity index (χ3v) is 7.27. The molecule has 0 saturated heterocycles. The Hall–Kier alpha value is -3.32. The third-order valence-electron chi connectivity index (χ3n) is 5.45. The topological polar surface area (TPSA) is 78.5 Å². The molecule has 0 saturated carbocycles. The van der Waals surface area contributed by atoms with Crippen molar-refractivity contribution in [3.05, 3.63) is 83.4 Å². The Morgan fingerprint density at radius 2 is 1.74 bits per heavy atom. The van der Waals surface area contributed by atoms with Crippen LogP contribution in [0.15, 0.2) is 71.6 Å². The quantitative estimate of drug-likeness (QED) is 0.595. The molecule has 0 aromatic heterocycles. The maximum atomic E-state index is 13.1. The standard InChI is InChI=1S/C24H25N3O3S/c1-3-18-6-4-5-7-22(18)26-24(28)25-20-10-13-23-19(16-20)14-15-27(23)31(29,30)21-11-8-17(2)9-12-21/h4-13,16H,3,14-15H2,1-2H3,(H2,25,26,28). The highest BCUT2D eigenvalue weighted by atomic mass is 32.2. The maximum Gasteiger partial charge on any atom is 0.323 e. The minimum atomic E-state index is -3.62. The van der Waals surface area contributed by atoms with Crippen LogP contribution in [0.1, 0.15) is 23.6 Å². The number of nitrogens with one attached hydrogen (secondary N) is 2. The summed E-state index contributed by atoms with van der Waals surface area (Å²) >= 11 is 0. The number of hydrogen-bond donors (Lipinski definition) is 2. The van der Waals surface area contributed by atoms with Gasteiger partial charge in [0, 0.05) is 17.9 Å². The summed E-state index contributed by atoms with van der Waals surface area (Å²) in [6.45, 7) is 4.34. The van der Waals surface area contributed by atoms with E-state index in [0.29, 0.717) is 24.3 Å². The van der Waals surface area contributed by atoms with E-state index in [2.05, 4.69) is 10.6 Å². The molecule has 31 heavy (non-hydrogen) atoms. The zero-order valence-corrected chi connectivity index (χ0v) is 18.4. The van der Waals surface area contributed by atoms with Crippen molar-refractivity contribution in [3.8, 4) is 0 Å². The molecule has 6 nitrogen and oxygen atoms in total. The fraction of sp³-hybridized carbons (Fsp3) is 0.208. The summed E-state index contributed by atoms with van der Waals surface area (Å²) in [4.78, 5) is 12.7. The van der Waals surface area contributed by atoms with E-state index in [-0.39, 0.29) is 10.9 Å². The van der Waals surface area contributed by atoms with Crippen LogP contribution < -0.4 is 14.9 Å². The predicted octanol–water partition coefficient (Wildman–Crippen LogP) is 4.95. The maximum absolute atomic E-state index is 13.1. The van der Waals surface area contributed by atoms with Crippen molar-refractivity contribution in [2.45, 2.75) is 31.6 Å². The van der Waals surface area contributed by atoms with Crippen LogP contribution in [0.25, 0.3) is 0 Å². The molecular weight excluding hydrogens is 410 g/mol. The number of sulfonamides is 1. The van der Waals surface area contributed by atoms with Gasteiger partial charge in [0.1, 0.15) is 0 Å². The molecule has 2 amide bonds. The summed E-state index contributed by atoms with van der Waals surface area (Å²) in [6.07, 6.45) is 1.41. The minimum absolute atomic E-state index is 0.280. The average Bonchev–Trinajstić information content (AvgIpc) is 3.18. The van der Waals surface area contributed by atoms with Gasteiger partial charge in [-0.2, -0.15) is 0 Å². The number of carbonyl (C=O) groups excluding carboxylic acids is 1. The lowest BCUT2D eigenvalue weighted by Crippen LogP contribution is -2.29. The molecule has 0 atom stereocenters. The van der Waals surface area contributed by atoms with Crippen LogP contribution in [0.3, 0.4) is 0 Å². The van der Waals surface area contributed by atoms with Gasteiger partial charge in [-0.25, -0.2) is 13.2 Å². The van der Waals surface area contributed by atoms with E-state index in [1.807, 2.05) is 44.2 Å². The van der Waals surface area contributed by atoms with Crippen molar-refractivity contribution in [3.63, 3.8) is 0 Å². The highest BCUT2D eigenvalue weighted by Gasteiger charge is 2.31.